The van der Waals surface area contributed by atoms with Crippen molar-refractivity contribution in [2.75, 3.05) is 10.7 Å². The number of carbonyl (C=O) groups excluding carboxylic acids is 1. The molecule has 0 saturated carbocycles. The summed E-state index contributed by atoms with van der Waals surface area (Å²) < 4.78 is 1.86. The van der Waals surface area contributed by atoms with Gasteiger partial charge in [-0.15, -0.1) is 10.2 Å². The van der Waals surface area contributed by atoms with E-state index in [4.69, 9.17) is 11.6 Å². The van der Waals surface area contributed by atoms with Crippen LogP contribution in [-0.4, -0.2) is 26.0 Å². The standard InChI is InChI=1S/C23H18ClN5OS/c24-17-11-13-18(14-12-17)25-22(30)20-19(15-7-3-1-4-8-15)28-29-21(26-27-23(29)31-20)16-9-5-2-6-10-16/h1-14,19-20,28H,(H,25,30). The Balaban J connectivity index is 1.50. The first kappa shape index (κ1) is 19.7. The van der Waals surface area contributed by atoms with Crippen LogP contribution in [0.25, 0.3) is 11.4 Å². The molecule has 5 rings (SSSR count). The lowest BCUT2D eigenvalue weighted by Crippen LogP contribution is -2.41. The third-order valence-corrected chi connectivity index (χ3v) is 6.46. The SMILES string of the molecule is O=C(Nc1ccc(Cl)cc1)C1Sc2nnc(-c3ccccc3)n2NC1c1ccccc1. The Hall–Kier alpha value is -3.29. The van der Waals surface area contributed by atoms with E-state index >= 15 is 0 Å². The number of nitrogens with zero attached hydrogens (tertiary/aromatic N) is 3. The lowest BCUT2D eigenvalue weighted by molar-refractivity contribution is -0.116. The predicted molar refractivity (Wildman–Crippen MR) is 124 cm³/mol. The number of aromatic nitrogens is 3. The summed E-state index contributed by atoms with van der Waals surface area (Å²) in [4.78, 5) is 13.3. The van der Waals surface area contributed by atoms with Gasteiger partial charge in [-0.05, 0) is 29.8 Å². The van der Waals surface area contributed by atoms with Crippen molar-refractivity contribution in [2.45, 2.75) is 16.4 Å². The number of halogens is 1. The van der Waals surface area contributed by atoms with E-state index in [0.29, 0.717) is 21.7 Å². The van der Waals surface area contributed by atoms with Crippen LogP contribution in [0.3, 0.4) is 0 Å². The largest absolute Gasteiger partial charge is 0.325 e. The minimum Gasteiger partial charge on any atom is -0.325 e. The van der Waals surface area contributed by atoms with Gasteiger partial charge in [-0.2, -0.15) is 0 Å². The lowest BCUT2D eigenvalue weighted by Gasteiger charge is -2.33. The maximum Gasteiger partial charge on any atom is 0.240 e. The maximum atomic E-state index is 13.3. The zero-order chi connectivity index (χ0) is 21.2. The van der Waals surface area contributed by atoms with E-state index in [1.807, 2.05) is 65.3 Å². The summed E-state index contributed by atoms with van der Waals surface area (Å²) in [6.07, 6.45) is 0. The molecule has 0 spiro atoms. The molecule has 6 nitrogen and oxygen atoms in total. The molecule has 8 heteroatoms. The first-order valence-electron chi connectivity index (χ1n) is 9.74. The number of thioether (sulfide) groups is 1. The molecule has 0 radical (unpaired) electrons. The van der Waals surface area contributed by atoms with Crippen molar-refractivity contribution in [3.8, 4) is 11.4 Å². The molecular formula is C23H18ClN5OS. The molecule has 1 amide bonds. The number of rotatable bonds is 4. The van der Waals surface area contributed by atoms with Crippen LogP contribution in [-0.2, 0) is 4.79 Å². The fraction of sp³-hybridized carbons (Fsp3) is 0.0870. The van der Waals surface area contributed by atoms with E-state index in [-0.39, 0.29) is 11.9 Å². The minimum atomic E-state index is -0.446. The fourth-order valence-electron chi connectivity index (χ4n) is 3.49. The normalized spacial score (nSPS) is 17.5. The first-order chi connectivity index (χ1) is 15.2. The second kappa shape index (κ2) is 8.45. The molecule has 154 valence electrons. The molecule has 4 aromatic rings. The van der Waals surface area contributed by atoms with Crippen molar-refractivity contribution < 1.29 is 4.79 Å². The van der Waals surface area contributed by atoms with Crippen molar-refractivity contribution in [1.82, 2.24) is 14.9 Å². The number of fused-ring (bicyclic) bond motifs is 1. The molecule has 0 saturated heterocycles. The maximum absolute atomic E-state index is 13.3. The van der Waals surface area contributed by atoms with Crippen LogP contribution in [0.2, 0.25) is 5.02 Å². The van der Waals surface area contributed by atoms with Crippen LogP contribution in [0.4, 0.5) is 5.69 Å². The van der Waals surface area contributed by atoms with E-state index in [0.717, 1.165) is 11.1 Å². The molecule has 0 aliphatic carbocycles. The predicted octanol–water partition coefficient (Wildman–Crippen LogP) is 5.00. The lowest BCUT2D eigenvalue weighted by atomic mass is 10.0. The minimum absolute atomic E-state index is 0.121. The summed E-state index contributed by atoms with van der Waals surface area (Å²) in [6, 6.07) is 26.6. The molecule has 0 fully saturated rings. The zero-order valence-corrected chi connectivity index (χ0v) is 17.8. The molecule has 1 aromatic heterocycles. The molecule has 0 bridgehead atoms. The molecule has 31 heavy (non-hydrogen) atoms. The summed E-state index contributed by atoms with van der Waals surface area (Å²) in [6.45, 7) is 0. The van der Waals surface area contributed by atoms with Crippen LogP contribution in [0.5, 0.6) is 0 Å². The van der Waals surface area contributed by atoms with Crippen LogP contribution in [0.15, 0.2) is 90.1 Å². The van der Waals surface area contributed by atoms with E-state index in [2.05, 4.69) is 20.9 Å². The van der Waals surface area contributed by atoms with E-state index in [9.17, 15) is 4.79 Å². The smallest absolute Gasteiger partial charge is 0.240 e. The Labute approximate surface area is 188 Å². The highest BCUT2D eigenvalue weighted by Crippen LogP contribution is 2.39. The highest BCUT2D eigenvalue weighted by molar-refractivity contribution is 8.00. The van der Waals surface area contributed by atoms with Crippen LogP contribution in [0, 0.1) is 0 Å². The second-order valence-electron chi connectivity index (χ2n) is 7.06. The molecular weight excluding hydrogens is 430 g/mol. The number of carbonyl (C=O) groups is 1. The summed E-state index contributed by atoms with van der Waals surface area (Å²) in [7, 11) is 0. The van der Waals surface area contributed by atoms with Gasteiger partial charge < -0.3 is 10.7 Å². The molecule has 2 unspecified atom stereocenters. The van der Waals surface area contributed by atoms with Gasteiger partial charge >= 0.3 is 0 Å². The van der Waals surface area contributed by atoms with Gasteiger partial charge in [0.25, 0.3) is 0 Å². The van der Waals surface area contributed by atoms with Crippen LogP contribution in [0.1, 0.15) is 11.6 Å². The van der Waals surface area contributed by atoms with Crippen molar-refractivity contribution in [3.05, 3.63) is 95.5 Å². The Morgan fingerprint density at radius 3 is 2.32 bits per heavy atom. The van der Waals surface area contributed by atoms with Crippen molar-refractivity contribution in [2.24, 2.45) is 0 Å². The number of nitrogens with one attached hydrogen (secondary N) is 2. The van der Waals surface area contributed by atoms with Gasteiger partial charge in [0.1, 0.15) is 5.25 Å². The Bertz CT molecular complexity index is 1200. The molecule has 1 aliphatic rings. The monoisotopic (exact) mass is 447 g/mol. The van der Waals surface area contributed by atoms with Crippen molar-refractivity contribution in [3.63, 3.8) is 0 Å². The van der Waals surface area contributed by atoms with Gasteiger partial charge in [0.15, 0.2) is 5.82 Å². The third kappa shape index (κ3) is 4.02. The number of anilines is 1. The molecule has 3 aromatic carbocycles. The second-order valence-corrected chi connectivity index (χ2v) is 8.60. The van der Waals surface area contributed by atoms with Crippen molar-refractivity contribution in [1.29, 1.82) is 0 Å². The van der Waals surface area contributed by atoms with E-state index in [1.54, 1.807) is 24.3 Å². The first-order valence-corrected chi connectivity index (χ1v) is 11.0. The quantitative estimate of drug-likeness (QED) is 0.460. The highest BCUT2D eigenvalue weighted by atomic mass is 35.5. The average molecular weight is 448 g/mol. The van der Waals surface area contributed by atoms with Gasteiger partial charge in [-0.1, -0.05) is 84.0 Å². The molecule has 2 N–H and O–H groups in total. The van der Waals surface area contributed by atoms with E-state index in [1.165, 1.54) is 11.8 Å². The van der Waals surface area contributed by atoms with Gasteiger partial charge in [-0.25, -0.2) is 4.68 Å². The molecule has 1 aliphatic heterocycles. The average Bonchev–Trinajstić information content (AvgIpc) is 3.24. The summed E-state index contributed by atoms with van der Waals surface area (Å²) in [5.74, 6) is 0.588. The molecule has 2 atom stereocenters. The van der Waals surface area contributed by atoms with Gasteiger partial charge in [0.2, 0.25) is 11.1 Å². The fourth-order valence-corrected chi connectivity index (χ4v) is 4.69. The summed E-state index contributed by atoms with van der Waals surface area (Å²) in [5.41, 5.74) is 6.12. The van der Waals surface area contributed by atoms with Gasteiger partial charge in [0.05, 0.1) is 6.04 Å². The van der Waals surface area contributed by atoms with E-state index < -0.39 is 5.25 Å². The van der Waals surface area contributed by atoms with Gasteiger partial charge in [-0.3, -0.25) is 4.79 Å². The van der Waals surface area contributed by atoms with Gasteiger partial charge in [0, 0.05) is 16.3 Å². The highest BCUT2D eigenvalue weighted by Gasteiger charge is 2.38. The summed E-state index contributed by atoms with van der Waals surface area (Å²) in [5, 5.41) is 12.5. The Kier molecular flexibility index (Phi) is 5.36. The molecule has 2 heterocycles. The Morgan fingerprint density at radius 1 is 0.935 bits per heavy atom. The number of benzene rings is 3. The van der Waals surface area contributed by atoms with Crippen LogP contribution >= 0.6 is 23.4 Å². The Morgan fingerprint density at radius 2 is 1.61 bits per heavy atom. The zero-order valence-electron chi connectivity index (χ0n) is 16.3. The number of hydrogen-bond donors (Lipinski definition) is 2. The topological polar surface area (TPSA) is 71.8 Å². The van der Waals surface area contributed by atoms with Crippen LogP contribution < -0.4 is 10.7 Å². The van der Waals surface area contributed by atoms with Crippen molar-refractivity contribution >= 4 is 35.0 Å². The number of amides is 1. The third-order valence-electron chi connectivity index (χ3n) is 5.00. The number of hydrogen-bond acceptors (Lipinski definition) is 5. The summed E-state index contributed by atoms with van der Waals surface area (Å²) >= 11 is 7.36.